The van der Waals surface area contributed by atoms with Crippen molar-refractivity contribution in [3.05, 3.63) is 95.7 Å². The van der Waals surface area contributed by atoms with E-state index in [9.17, 15) is 9.59 Å². The fourth-order valence-corrected chi connectivity index (χ4v) is 3.05. The summed E-state index contributed by atoms with van der Waals surface area (Å²) >= 11 is 0. The molecule has 144 valence electrons. The van der Waals surface area contributed by atoms with Gasteiger partial charge in [-0.1, -0.05) is 30.3 Å². The number of Topliss-reactive ketones (excluding diaryl/α,β-unsaturated/α-hetero) is 1. The van der Waals surface area contributed by atoms with Gasteiger partial charge in [-0.25, -0.2) is 0 Å². The molecule has 1 aromatic heterocycles. The molecule has 0 radical (unpaired) electrons. The number of carbonyl (C=O) groups excluding carboxylic acids is 2. The number of fused-ring (bicyclic) bond motifs is 1. The number of hydrogen-bond acceptors (Lipinski definition) is 3. The summed E-state index contributed by atoms with van der Waals surface area (Å²) in [5.74, 6) is 0.486. The smallest absolute Gasteiger partial charge is 0.272 e. The van der Waals surface area contributed by atoms with E-state index in [1.807, 2.05) is 48.5 Å². The molecule has 4 aromatic rings. The number of ether oxygens (including phenoxy) is 1. The number of aromatic amines is 1. The van der Waals surface area contributed by atoms with E-state index in [0.717, 1.165) is 22.2 Å². The van der Waals surface area contributed by atoms with E-state index < -0.39 is 0 Å². The van der Waals surface area contributed by atoms with Gasteiger partial charge in [0.15, 0.2) is 5.78 Å². The maximum absolute atomic E-state index is 12.6. The van der Waals surface area contributed by atoms with Gasteiger partial charge in [0.05, 0.1) is 0 Å². The van der Waals surface area contributed by atoms with Crippen LogP contribution >= 0.6 is 0 Å². The first-order chi connectivity index (χ1) is 14.1. The third kappa shape index (κ3) is 4.35. The average Bonchev–Trinajstić information content (AvgIpc) is 3.17. The number of benzene rings is 3. The highest BCUT2D eigenvalue weighted by atomic mass is 16.5. The quantitative estimate of drug-likeness (QED) is 0.449. The Morgan fingerprint density at radius 2 is 1.69 bits per heavy atom. The monoisotopic (exact) mass is 384 g/mol. The lowest BCUT2D eigenvalue weighted by Crippen LogP contribution is -2.12. The van der Waals surface area contributed by atoms with Crippen molar-refractivity contribution in [2.24, 2.45) is 0 Å². The van der Waals surface area contributed by atoms with Crippen molar-refractivity contribution in [1.82, 2.24) is 4.98 Å². The second-order valence-corrected chi connectivity index (χ2v) is 6.79. The third-order valence-electron chi connectivity index (χ3n) is 4.63. The van der Waals surface area contributed by atoms with Crippen molar-refractivity contribution in [1.29, 1.82) is 0 Å². The van der Waals surface area contributed by atoms with Gasteiger partial charge in [0.2, 0.25) is 0 Å². The van der Waals surface area contributed by atoms with Gasteiger partial charge >= 0.3 is 0 Å². The Morgan fingerprint density at radius 1 is 0.931 bits per heavy atom. The number of ketones is 1. The molecule has 1 heterocycles. The summed E-state index contributed by atoms with van der Waals surface area (Å²) in [5, 5.41) is 3.73. The summed E-state index contributed by atoms with van der Waals surface area (Å²) < 4.78 is 5.85. The van der Waals surface area contributed by atoms with Crippen LogP contribution in [0.5, 0.6) is 5.75 Å². The lowest BCUT2D eigenvalue weighted by atomic mass is 10.1. The zero-order chi connectivity index (χ0) is 20.2. The van der Waals surface area contributed by atoms with Gasteiger partial charge < -0.3 is 15.0 Å². The number of rotatable bonds is 6. The van der Waals surface area contributed by atoms with E-state index in [1.165, 1.54) is 6.92 Å². The van der Waals surface area contributed by atoms with Crippen LogP contribution in [0.1, 0.15) is 33.3 Å². The topological polar surface area (TPSA) is 71.2 Å². The molecule has 0 unspecified atom stereocenters. The van der Waals surface area contributed by atoms with Crippen LogP contribution < -0.4 is 10.1 Å². The summed E-state index contributed by atoms with van der Waals surface area (Å²) in [6, 6.07) is 24.3. The van der Waals surface area contributed by atoms with Gasteiger partial charge in [0, 0.05) is 22.2 Å². The van der Waals surface area contributed by atoms with E-state index in [0.29, 0.717) is 23.6 Å². The summed E-state index contributed by atoms with van der Waals surface area (Å²) in [7, 11) is 0. The molecule has 4 rings (SSSR count). The number of H-pyrrole nitrogens is 1. The standard InChI is InChI=1S/C24H20N2O3/c1-16(27)18-7-9-20(10-8-18)25-24(28)23-14-19-13-21(11-12-22(19)26-23)29-15-17-5-3-2-4-6-17/h2-14,26H,15H2,1H3,(H,25,28). The predicted octanol–water partition coefficient (Wildman–Crippen LogP) is 5.20. The largest absolute Gasteiger partial charge is 0.489 e. The van der Waals surface area contributed by atoms with Crippen LogP contribution in [0.15, 0.2) is 78.9 Å². The van der Waals surface area contributed by atoms with Gasteiger partial charge in [-0.15, -0.1) is 0 Å². The lowest BCUT2D eigenvalue weighted by molar-refractivity contribution is 0.101. The maximum atomic E-state index is 12.6. The molecule has 0 bridgehead atoms. The highest BCUT2D eigenvalue weighted by Gasteiger charge is 2.11. The molecule has 0 spiro atoms. The second kappa shape index (κ2) is 8.02. The molecule has 0 saturated carbocycles. The molecule has 0 saturated heterocycles. The van der Waals surface area contributed by atoms with Crippen molar-refractivity contribution in [3.8, 4) is 5.75 Å². The fraction of sp³-hybridized carbons (Fsp3) is 0.0833. The number of nitrogens with one attached hydrogen (secondary N) is 2. The van der Waals surface area contributed by atoms with Crippen molar-refractivity contribution in [3.63, 3.8) is 0 Å². The molecule has 29 heavy (non-hydrogen) atoms. The van der Waals surface area contributed by atoms with Gasteiger partial charge in [-0.2, -0.15) is 0 Å². The van der Waals surface area contributed by atoms with Crippen molar-refractivity contribution >= 4 is 28.3 Å². The minimum absolute atomic E-state index is 0.0104. The van der Waals surface area contributed by atoms with Crippen LogP contribution in [0.3, 0.4) is 0 Å². The predicted molar refractivity (Wildman–Crippen MR) is 113 cm³/mol. The van der Waals surface area contributed by atoms with Crippen molar-refractivity contribution < 1.29 is 14.3 Å². The Kier molecular flexibility index (Phi) is 5.12. The third-order valence-corrected chi connectivity index (χ3v) is 4.63. The minimum atomic E-state index is -0.247. The Morgan fingerprint density at radius 3 is 2.41 bits per heavy atom. The van der Waals surface area contributed by atoms with E-state index in [4.69, 9.17) is 4.74 Å². The van der Waals surface area contributed by atoms with Gasteiger partial charge in [-0.3, -0.25) is 9.59 Å². The summed E-state index contributed by atoms with van der Waals surface area (Å²) in [5.41, 5.74) is 3.64. The number of aromatic nitrogens is 1. The van der Waals surface area contributed by atoms with Gasteiger partial charge in [-0.05, 0) is 61.0 Å². The molecule has 1 amide bonds. The zero-order valence-corrected chi connectivity index (χ0v) is 15.9. The Hall–Kier alpha value is -3.86. The molecule has 5 heteroatoms. The molecular weight excluding hydrogens is 364 g/mol. The summed E-state index contributed by atoms with van der Waals surface area (Å²) in [4.78, 5) is 27.0. The van der Waals surface area contributed by atoms with Crippen LogP contribution in [-0.4, -0.2) is 16.7 Å². The first-order valence-corrected chi connectivity index (χ1v) is 9.30. The zero-order valence-electron chi connectivity index (χ0n) is 15.9. The van der Waals surface area contributed by atoms with Crippen molar-refractivity contribution in [2.45, 2.75) is 13.5 Å². The molecule has 0 fully saturated rings. The van der Waals surface area contributed by atoms with E-state index >= 15 is 0 Å². The maximum Gasteiger partial charge on any atom is 0.272 e. The SMILES string of the molecule is CC(=O)c1ccc(NC(=O)c2cc3cc(OCc4ccccc4)ccc3[nH]2)cc1. The number of hydrogen-bond donors (Lipinski definition) is 2. The molecule has 2 N–H and O–H groups in total. The molecule has 0 aliphatic heterocycles. The summed E-state index contributed by atoms with van der Waals surface area (Å²) in [6.07, 6.45) is 0. The first-order valence-electron chi connectivity index (χ1n) is 9.30. The van der Waals surface area contributed by atoms with Crippen LogP contribution in [0.2, 0.25) is 0 Å². The molecular formula is C24H20N2O3. The van der Waals surface area contributed by atoms with Gasteiger partial charge in [0.1, 0.15) is 18.1 Å². The van der Waals surface area contributed by atoms with Gasteiger partial charge in [0.25, 0.3) is 5.91 Å². The Bertz CT molecular complexity index is 1160. The molecule has 0 aliphatic carbocycles. The van der Waals surface area contributed by atoms with E-state index in [2.05, 4.69) is 10.3 Å². The second-order valence-electron chi connectivity index (χ2n) is 6.79. The van der Waals surface area contributed by atoms with Crippen LogP contribution in [0.25, 0.3) is 10.9 Å². The highest BCUT2D eigenvalue weighted by molar-refractivity contribution is 6.06. The molecule has 0 aliphatic rings. The normalized spacial score (nSPS) is 10.7. The molecule has 0 atom stereocenters. The van der Waals surface area contributed by atoms with Crippen molar-refractivity contribution in [2.75, 3.05) is 5.32 Å². The number of anilines is 1. The van der Waals surface area contributed by atoms with Crippen LogP contribution in [0.4, 0.5) is 5.69 Å². The number of amides is 1. The summed E-state index contributed by atoms with van der Waals surface area (Å²) in [6.45, 7) is 2.00. The highest BCUT2D eigenvalue weighted by Crippen LogP contribution is 2.23. The average molecular weight is 384 g/mol. The lowest BCUT2D eigenvalue weighted by Gasteiger charge is -2.06. The fourth-order valence-electron chi connectivity index (χ4n) is 3.05. The Balaban J connectivity index is 1.46. The molecule has 5 nitrogen and oxygen atoms in total. The van der Waals surface area contributed by atoms with E-state index in [1.54, 1.807) is 30.3 Å². The minimum Gasteiger partial charge on any atom is -0.489 e. The molecule has 3 aromatic carbocycles. The van der Waals surface area contributed by atoms with E-state index in [-0.39, 0.29) is 11.7 Å². The van der Waals surface area contributed by atoms with Crippen LogP contribution in [0, 0.1) is 0 Å². The Labute approximate surface area is 168 Å². The number of carbonyl (C=O) groups is 2. The van der Waals surface area contributed by atoms with Crippen LogP contribution in [-0.2, 0) is 6.61 Å². The first kappa shape index (κ1) is 18.5.